The number of aliphatic imine (C=N–C) groups is 1. The highest BCUT2D eigenvalue weighted by atomic mass is 16.5. The number of benzene rings is 1. The lowest BCUT2D eigenvalue weighted by atomic mass is 10.0. The van der Waals surface area contributed by atoms with Gasteiger partial charge >= 0.3 is 0 Å². The Bertz CT molecular complexity index is 581. The minimum atomic E-state index is 0.157. The second-order valence-electron chi connectivity index (χ2n) is 7.41. The number of nitrogens with zero attached hydrogens (tertiary/aromatic N) is 2. The predicted molar refractivity (Wildman–Crippen MR) is 106 cm³/mol. The van der Waals surface area contributed by atoms with Gasteiger partial charge in [0.05, 0.1) is 12.7 Å². The van der Waals surface area contributed by atoms with Crippen LogP contribution in [0.3, 0.4) is 0 Å². The van der Waals surface area contributed by atoms with Crippen LogP contribution in [0.15, 0.2) is 29.3 Å². The van der Waals surface area contributed by atoms with Gasteiger partial charge in [-0.25, -0.2) is 0 Å². The Hall–Kier alpha value is -1.59. The first-order chi connectivity index (χ1) is 12.7. The standard InChI is InChI=1S/C21H33N3O2/c1-4-22-21(23-14-17(3)18-9-7-16(2)8-10-18)24-11-13-26-20(15-24)19-6-5-12-25-19/h7-10,17,19-20H,4-6,11-15H2,1-3H3,(H,22,23). The molecule has 0 aliphatic carbocycles. The van der Waals surface area contributed by atoms with Crippen molar-refractivity contribution in [3.8, 4) is 0 Å². The van der Waals surface area contributed by atoms with Gasteiger partial charge in [0.25, 0.3) is 0 Å². The number of morpholine rings is 1. The molecule has 5 heteroatoms. The molecule has 2 saturated heterocycles. The highest BCUT2D eigenvalue weighted by Crippen LogP contribution is 2.21. The van der Waals surface area contributed by atoms with Gasteiger partial charge in [-0.2, -0.15) is 0 Å². The van der Waals surface area contributed by atoms with Crippen molar-refractivity contribution in [1.82, 2.24) is 10.2 Å². The van der Waals surface area contributed by atoms with Gasteiger partial charge in [0, 0.05) is 38.7 Å². The number of ether oxygens (including phenoxy) is 2. The Morgan fingerprint density at radius 3 is 2.69 bits per heavy atom. The van der Waals surface area contributed by atoms with Crippen LogP contribution >= 0.6 is 0 Å². The number of hydrogen-bond acceptors (Lipinski definition) is 3. The van der Waals surface area contributed by atoms with Gasteiger partial charge in [-0.05, 0) is 32.3 Å². The van der Waals surface area contributed by atoms with E-state index in [0.29, 0.717) is 5.92 Å². The fraction of sp³-hybridized carbons (Fsp3) is 0.667. The molecule has 0 radical (unpaired) electrons. The highest BCUT2D eigenvalue weighted by Gasteiger charge is 2.32. The van der Waals surface area contributed by atoms with Crippen molar-refractivity contribution in [1.29, 1.82) is 0 Å². The minimum Gasteiger partial charge on any atom is -0.375 e. The fourth-order valence-electron chi connectivity index (χ4n) is 3.64. The summed E-state index contributed by atoms with van der Waals surface area (Å²) in [5.41, 5.74) is 2.64. The summed E-state index contributed by atoms with van der Waals surface area (Å²) in [5, 5.41) is 3.46. The molecule has 3 atom stereocenters. The molecule has 0 saturated carbocycles. The van der Waals surface area contributed by atoms with E-state index in [1.165, 1.54) is 11.1 Å². The summed E-state index contributed by atoms with van der Waals surface area (Å²) in [6.07, 6.45) is 2.65. The zero-order valence-corrected chi connectivity index (χ0v) is 16.4. The molecular formula is C21H33N3O2. The van der Waals surface area contributed by atoms with Crippen LogP contribution in [0, 0.1) is 6.92 Å². The lowest BCUT2D eigenvalue weighted by Crippen LogP contribution is -2.53. The van der Waals surface area contributed by atoms with Gasteiger partial charge in [-0.3, -0.25) is 4.99 Å². The Kier molecular flexibility index (Phi) is 6.92. The Balaban J connectivity index is 1.63. The van der Waals surface area contributed by atoms with E-state index in [9.17, 15) is 0 Å². The molecule has 5 nitrogen and oxygen atoms in total. The first-order valence-electron chi connectivity index (χ1n) is 10.0. The molecule has 2 aliphatic heterocycles. The van der Waals surface area contributed by atoms with Crippen molar-refractivity contribution in [2.45, 2.75) is 51.7 Å². The van der Waals surface area contributed by atoms with E-state index in [4.69, 9.17) is 14.5 Å². The third-order valence-electron chi connectivity index (χ3n) is 5.27. The maximum absolute atomic E-state index is 5.98. The Morgan fingerprint density at radius 2 is 2.00 bits per heavy atom. The summed E-state index contributed by atoms with van der Waals surface area (Å²) in [5.74, 6) is 1.40. The van der Waals surface area contributed by atoms with Gasteiger partial charge in [-0.15, -0.1) is 0 Å². The summed E-state index contributed by atoms with van der Waals surface area (Å²) >= 11 is 0. The predicted octanol–water partition coefficient (Wildman–Crippen LogP) is 2.94. The Labute approximate surface area is 157 Å². The topological polar surface area (TPSA) is 46.1 Å². The van der Waals surface area contributed by atoms with Crippen LogP contribution < -0.4 is 5.32 Å². The fourth-order valence-corrected chi connectivity index (χ4v) is 3.64. The van der Waals surface area contributed by atoms with Gasteiger partial charge in [-0.1, -0.05) is 36.8 Å². The summed E-state index contributed by atoms with van der Waals surface area (Å²) in [6.45, 7) is 11.5. The van der Waals surface area contributed by atoms with Gasteiger partial charge < -0.3 is 19.7 Å². The molecule has 1 aromatic carbocycles. The molecule has 2 fully saturated rings. The molecule has 0 aromatic heterocycles. The van der Waals surface area contributed by atoms with E-state index in [1.54, 1.807) is 0 Å². The SMILES string of the molecule is CCNC(=NCC(C)c1ccc(C)cc1)N1CCOC(C2CCCO2)C1. The number of aryl methyl sites for hydroxylation is 1. The van der Waals surface area contributed by atoms with Crippen molar-refractivity contribution in [2.75, 3.05) is 39.4 Å². The summed E-state index contributed by atoms with van der Waals surface area (Å²) in [6, 6.07) is 8.78. The number of hydrogen-bond donors (Lipinski definition) is 1. The Morgan fingerprint density at radius 1 is 1.23 bits per heavy atom. The molecule has 1 N–H and O–H groups in total. The second kappa shape index (κ2) is 9.38. The van der Waals surface area contributed by atoms with Crippen LogP contribution in [0.2, 0.25) is 0 Å². The van der Waals surface area contributed by atoms with E-state index in [-0.39, 0.29) is 12.2 Å². The average Bonchev–Trinajstić information content (AvgIpc) is 3.20. The monoisotopic (exact) mass is 359 g/mol. The molecule has 144 valence electrons. The van der Waals surface area contributed by atoms with Crippen molar-refractivity contribution >= 4 is 5.96 Å². The normalized spacial score (nSPS) is 25.3. The molecule has 3 rings (SSSR count). The lowest BCUT2D eigenvalue weighted by molar-refractivity contribution is -0.0817. The van der Waals surface area contributed by atoms with E-state index in [2.05, 4.69) is 55.3 Å². The van der Waals surface area contributed by atoms with Crippen LogP contribution in [-0.2, 0) is 9.47 Å². The molecule has 3 unspecified atom stereocenters. The lowest BCUT2D eigenvalue weighted by Gasteiger charge is -2.37. The van der Waals surface area contributed by atoms with Gasteiger partial charge in [0.1, 0.15) is 6.10 Å². The van der Waals surface area contributed by atoms with Crippen LogP contribution in [-0.4, -0.2) is 62.5 Å². The van der Waals surface area contributed by atoms with Crippen LogP contribution in [0.25, 0.3) is 0 Å². The molecule has 2 aliphatic rings. The third kappa shape index (κ3) is 4.98. The largest absolute Gasteiger partial charge is 0.375 e. The minimum absolute atomic E-state index is 0.157. The van der Waals surface area contributed by atoms with Crippen LogP contribution in [0.4, 0.5) is 0 Å². The van der Waals surface area contributed by atoms with Crippen molar-refractivity contribution in [3.05, 3.63) is 35.4 Å². The van der Waals surface area contributed by atoms with Crippen molar-refractivity contribution < 1.29 is 9.47 Å². The van der Waals surface area contributed by atoms with Crippen LogP contribution in [0.5, 0.6) is 0 Å². The third-order valence-corrected chi connectivity index (χ3v) is 5.27. The molecule has 0 amide bonds. The maximum atomic E-state index is 5.98. The first kappa shape index (κ1) is 19.2. The number of guanidine groups is 1. The quantitative estimate of drug-likeness (QED) is 0.649. The maximum Gasteiger partial charge on any atom is 0.194 e. The van der Waals surface area contributed by atoms with Crippen molar-refractivity contribution in [2.24, 2.45) is 4.99 Å². The van der Waals surface area contributed by atoms with Crippen LogP contribution in [0.1, 0.15) is 43.7 Å². The average molecular weight is 360 g/mol. The van der Waals surface area contributed by atoms with E-state index < -0.39 is 0 Å². The smallest absolute Gasteiger partial charge is 0.194 e. The van der Waals surface area contributed by atoms with E-state index >= 15 is 0 Å². The molecule has 2 heterocycles. The molecule has 1 aromatic rings. The molecule has 0 spiro atoms. The van der Waals surface area contributed by atoms with Crippen molar-refractivity contribution in [3.63, 3.8) is 0 Å². The zero-order valence-electron chi connectivity index (χ0n) is 16.4. The summed E-state index contributed by atoms with van der Waals surface area (Å²) < 4.78 is 11.8. The van der Waals surface area contributed by atoms with E-state index in [0.717, 1.165) is 58.2 Å². The first-order valence-corrected chi connectivity index (χ1v) is 10.0. The molecular weight excluding hydrogens is 326 g/mol. The molecule has 26 heavy (non-hydrogen) atoms. The van der Waals surface area contributed by atoms with Gasteiger partial charge in [0.2, 0.25) is 0 Å². The van der Waals surface area contributed by atoms with Gasteiger partial charge in [0.15, 0.2) is 5.96 Å². The number of rotatable bonds is 5. The summed E-state index contributed by atoms with van der Waals surface area (Å²) in [7, 11) is 0. The second-order valence-corrected chi connectivity index (χ2v) is 7.41. The number of nitrogens with one attached hydrogen (secondary N) is 1. The molecule has 0 bridgehead atoms. The van der Waals surface area contributed by atoms with E-state index in [1.807, 2.05) is 0 Å². The zero-order chi connectivity index (χ0) is 18.4. The summed E-state index contributed by atoms with van der Waals surface area (Å²) in [4.78, 5) is 7.27. The highest BCUT2D eigenvalue weighted by molar-refractivity contribution is 5.80.